The van der Waals surface area contributed by atoms with Crippen molar-refractivity contribution in [2.24, 2.45) is 10.2 Å². The second-order valence-electron chi connectivity index (χ2n) is 2.70. The van der Waals surface area contributed by atoms with Crippen molar-refractivity contribution < 1.29 is 8.42 Å². The Morgan fingerprint density at radius 1 is 1.43 bits per heavy atom. The van der Waals surface area contributed by atoms with E-state index in [4.69, 9.17) is 17.4 Å². The molecule has 1 aliphatic rings. The summed E-state index contributed by atoms with van der Waals surface area (Å²) >= 11 is 5.72. The number of amidine groups is 1. The van der Waals surface area contributed by atoms with Gasteiger partial charge in [-0.2, -0.15) is 8.42 Å². The van der Waals surface area contributed by atoms with Crippen LogP contribution in [-0.2, 0) is 10.0 Å². The van der Waals surface area contributed by atoms with E-state index < -0.39 is 10.0 Å². The van der Waals surface area contributed by atoms with Crippen LogP contribution in [0.2, 0.25) is 5.02 Å². The van der Waals surface area contributed by atoms with Crippen molar-refractivity contribution >= 4 is 27.5 Å². The highest BCUT2D eigenvalue weighted by Gasteiger charge is 2.28. The number of nitrogens with two attached hydrogens (primary N) is 1. The van der Waals surface area contributed by atoms with E-state index in [9.17, 15) is 8.42 Å². The molecule has 0 aliphatic carbocycles. The standard InChI is InChI=1S/C7H6ClN3O2S/c8-4-1-2-6-5(3-4)7(10-9)11-14(6,12)13/h1-3H,9H2,(H,10,11). The molecule has 0 bridgehead atoms. The predicted molar refractivity (Wildman–Crippen MR) is 52.5 cm³/mol. The molecular weight excluding hydrogens is 226 g/mol. The molecule has 0 aromatic heterocycles. The van der Waals surface area contributed by atoms with Gasteiger partial charge >= 0.3 is 0 Å². The molecule has 0 saturated heterocycles. The van der Waals surface area contributed by atoms with Gasteiger partial charge in [-0.25, -0.2) is 5.84 Å². The minimum Gasteiger partial charge on any atom is -0.307 e. The van der Waals surface area contributed by atoms with Crippen LogP contribution in [0.15, 0.2) is 27.5 Å². The Kier molecular flexibility index (Phi) is 1.99. The second-order valence-corrected chi connectivity index (χ2v) is 4.71. The maximum absolute atomic E-state index is 11.4. The summed E-state index contributed by atoms with van der Waals surface area (Å²) in [6.45, 7) is 0. The predicted octanol–water partition coefficient (Wildman–Crippen LogP) is 0.252. The monoisotopic (exact) mass is 231 g/mol. The number of halogens is 1. The zero-order chi connectivity index (χ0) is 10.3. The third-order valence-electron chi connectivity index (χ3n) is 1.82. The van der Waals surface area contributed by atoms with E-state index in [0.29, 0.717) is 10.6 Å². The van der Waals surface area contributed by atoms with Gasteiger partial charge in [0.1, 0.15) is 4.90 Å². The van der Waals surface area contributed by atoms with Crippen LogP contribution in [0.1, 0.15) is 5.56 Å². The summed E-state index contributed by atoms with van der Waals surface area (Å²) in [4.78, 5) is 0.120. The van der Waals surface area contributed by atoms with Gasteiger partial charge in [0.05, 0.1) is 0 Å². The van der Waals surface area contributed by atoms with Crippen molar-refractivity contribution in [3.05, 3.63) is 28.8 Å². The van der Waals surface area contributed by atoms with Crippen molar-refractivity contribution in [3.8, 4) is 0 Å². The van der Waals surface area contributed by atoms with E-state index in [2.05, 4.69) is 9.82 Å². The van der Waals surface area contributed by atoms with E-state index in [1.54, 1.807) is 0 Å². The fraction of sp³-hybridized carbons (Fsp3) is 0. The van der Waals surface area contributed by atoms with Gasteiger partial charge in [-0.05, 0) is 18.2 Å². The van der Waals surface area contributed by atoms with Crippen LogP contribution in [0.25, 0.3) is 0 Å². The number of hydrogen-bond donors (Lipinski definition) is 2. The molecule has 1 heterocycles. The Bertz CT molecular complexity index is 524. The molecule has 2 rings (SSSR count). The van der Waals surface area contributed by atoms with Crippen molar-refractivity contribution in [1.82, 2.24) is 5.43 Å². The lowest BCUT2D eigenvalue weighted by Crippen LogP contribution is -2.29. The quantitative estimate of drug-likeness (QED) is 0.495. The summed E-state index contributed by atoms with van der Waals surface area (Å²) in [6.07, 6.45) is 0. The Morgan fingerprint density at radius 3 is 2.79 bits per heavy atom. The van der Waals surface area contributed by atoms with Gasteiger partial charge in [-0.3, -0.25) is 0 Å². The van der Waals surface area contributed by atoms with E-state index in [-0.39, 0.29) is 10.7 Å². The average Bonchev–Trinajstić information content (AvgIpc) is 2.37. The summed E-state index contributed by atoms with van der Waals surface area (Å²) < 4.78 is 26.3. The molecule has 7 heteroatoms. The van der Waals surface area contributed by atoms with E-state index in [1.165, 1.54) is 18.2 Å². The Morgan fingerprint density at radius 2 is 2.14 bits per heavy atom. The van der Waals surface area contributed by atoms with Gasteiger partial charge in [0, 0.05) is 10.6 Å². The molecule has 0 fully saturated rings. The van der Waals surface area contributed by atoms with Gasteiger partial charge < -0.3 is 5.43 Å². The van der Waals surface area contributed by atoms with Gasteiger partial charge in [0.25, 0.3) is 10.0 Å². The molecule has 0 unspecified atom stereocenters. The normalized spacial score (nSPS) is 17.4. The van der Waals surface area contributed by atoms with Crippen LogP contribution < -0.4 is 11.3 Å². The Hall–Kier alpha value is -1.11. The summed E-state index contributed by atoms with van der Waals surface area (Å²) in [6, 6.07) is 4.40. The van der Waals surface area contributed by atoms with E-state index in [1.807, 2.05) is 0 Å². The van der Waals surface area contributed by atoms with Crippen molar-refractivity contribution in [3.63, 3.8) is 0 Å². The first-order valence-corrected chi connectivity index (χ1v) is 5.48. The Balaban J connectivity index is 2.75. The second kappa shape index (κ2) is 2.94. The molecule has 0 atom stereocenters. The number of fused-ring (bicyclic) bond motifs is 1. The van der Waals surface area contributed by atoms with Crippen LogP contribution in [0.5, 0.6) is 0 Å². The highest BCUT2D eigenvalue weighted by atomic mass is 35.5. The summed E-state index contributed by atoms with van der Waals surface area (Å²) in [7, 11) is -3.60. The van der Waals surface area contributed by atoms with Crippen LogP contribution >= 0.6 is 11.6 Å². The number of nitrogens with zero attached hydrogens (tertiary/aromatic N) is 1. The molecule has 1 aromatic carbocycles. The number of hydrogen-bond acceptors (Lipinski definition) is 4. The number of nitrogens with one attached hydrogen (secondary N) is 1. The molecule has 1 aromatic rings. The smallest absolute Gasteiger partial charge is 0.285 e. The average molecular weight is 232 g/mol. The van der Waals surface area contributed by atoms with Gasteiger partial charge in [-0.15, -0.1) is 4.40 Å². The number of benzene rings is 1. The highest BCUT2D eigenvalue weighted by molar-refractivity contribution is 7.90. The van der Waals surface area contributed by atoms with Gasteiger partial charge in [0.15, 0.2) is 5.84 Å². The molecule has 3 N–H and O–H groups in total. The number of sulfonamides is 1. The lowest BCUT2D eigenvalue weighted by Gasteiger charge is -2.00. The molecule has 0 radical (unpaired) electrons. The first-order chi connectivity index (χ1) is 6.54. The lowest BCUT2D eigenvalue weighted by atomic mass is 10.2. The Labute approximate surface area is 85.6 Å². The molecule has 14 heavy (non-hydrogen) atoms. The third-order valence-corrected chi connectivity index (χ3v) is 3.39. The van der Waals surface area contributed by atoms with Crippen molar-refractivity contribution in [2.75, 3.05) is 0 Å². The first-order valence-electron chi connectivity index (χ1n) is 3.66. The maximum Gasteiger partial charge on any atom is 0.285 e. The molecular formula is C7H6ClN3O2S. The molecule has 0 amide bonds. The zero-order valence-electron chi connectivity index (χ0n) is 6.86. The SMILES string of the molecule is NNC1=NS(=O)(=O)c2ccc(Cl)cc21. The highest BCUT2D eigenvalue weighted by Crippen LogP contribution is 2.27. The topological polar surface area (TPSA) is 84.5 Å². The van der Waals surface area contributed by atoms with E-state index >= 15 is 0 Å². The fourth-order valence-electron chi connectivity index (χ4n) is 1.23. The van der Waals surface area contributed by atoms with Crippen LogP contribution in [0, 0.1) is 0 Å². The van der Waals surface area contributed by atoms with Crippen LogP contribution in [-0.4, -0.2) is 14.3 Å². The molecule has 74 valence electrons. The minimum absolute atomic E-state index is 0.113. The maximum atomic E-state index is 11.4. The molecule has 0 spiro atoms. The van der Waals surface area contributed by atoms with Crippen LogP contribution in [0.4, 0.5) is 0 Å². The largest absolute Gasteiger partial charge is 0.307 e. The first kappa shape index (κ1) is 9.45. The molecule has 5 nitrogen and oxygen atoms in total. The van der Waals surface area contributed by atoms with Gasteiger partial charge in [0.2, 0.25) is 0 Å². The lowest BCUT2D eigenvalue weighted by molar-refractivity contribution is 0.599. The van der Waals surface area contributed by atoms with Crippen molar-refractivity contribution in [2.45, 2.75) is 4.90 Å². The summed E-state index contributed by atoms with van der Waals surface area (Å²) in [5, 5.41) is 0.434. The van der Waals surface area contributed by atoms with E-state index in [0.717, 1.165) is 0 Å². The summed E-state index contributed by atoms with van der Waals surface area (Å²) in [5.74, 6) is 5.24. The third kappa shape index (κ3) is 1.28. The van der Waals surface area contributed by atoms with Gasteiger partial charge in [-0.1, -0.05) is 11.6 Å². The summed E-state index contributed by atoms with van der Waals surface area (Å²) in [5.41, 5.74) is 2.62. The zero-order valence-corrected chi connectivity index (χ0v) is 8.43. The fourth-order valence-corrected chi connectivity index (χ4v) is 2.57. The van der Waals surface area contributed by atoms with Crippen LogP contribution in [0.3, 0.4) is 0 Å². The number of hydrazine groups is 1. The molecule has 1 aliphatic heterocycles. The number of rotatable bonds is 0. The van der Waals surface area contributed by atoms with Crippen molar-refractivity contribution in [1.29, 1.82) is 0 Å². The minimum atomic E-state index is -3.60. The molecule has 0 saturated carbocycles.